The molecule has 2 N–H and O–H groups in total. The van der Waals surface area contributed by atoms with E-state index in [4.69, 9.17) is 0 Å². The first-order valence-corrected chi connectivity index (χ1v) is 8.76. The van der Waals surface area contributed by atoms with Crippen molar-refractivity contribution in [3.63, 3.8) is 0 Å². The molecule has 0 spiro atoms. The highest BCUT2D eigenvalue weighted by Crippen LogP contribution is 2.52. The van der Waals surface area contributed by atoms with Crippen LogP contribution in [0.4, 0.5) is 0 Å². The lowest BCUT2D eigenvalue weighted by molar-refractivity contribution is -0.149. The third kappa shape index (κ3) is 2.44. The molecule has 5 atom stereocenters. The van der Waals surface area contributed by atoms with Gasteiger partial charge in [0.25, 0.3) is 0 Å². The zero-order valence-corrected chi connectivity index (χ0v) is 13.2. The molecular weight excluding hydrogens is 290 g/mol. The van der Waals surface area contributed by atoms with Crippen LogP contribution in [0.2, 0.25) is 0 Å². The van der Waals surface area contributed by atoms with Gasteiger partial charge >= 0.3 is 5.97 Å². The molecule has 0 aliphatic heterocycles. The molecule has 4 rings (SSSR count). The van der Waals surface area contributed by atoms with Gasteiger partial charge in [0.05, 0.1) is 17.9 Å². The first-order valence-electron chi connectivity index (χ1n) is 8.76. The van der Waals surface area contributed by atoms with Crippen molar-refractivity contribution in [2.45, 2.75) is 44.6 Å². The zero-order valence-electron chi connectivity index (χ0n) is 13.2. The second-order valence-electron chi connectivity index (χ2n) is 7.38. The highest BCUT2D eigenvalue weighted by Gasteiger charge is 2.54. The van der Waals surface area contributed by atoms with E-state index in [0.29, 0.717) is 0 Å². The topological polar surface area (TPSA) is 66.4 Å². The Kier molecular flexibility index (Phi) is 3.63. The van der Waals surface area contributed by atoms with Crippen LogP contribution < -0.4 is 5.32 Å². The maximum Gasteiger partial charge on any atom is 0.307 e. The number of aryl methyl sites for hydroxylation is 1. The molecule has 1 aromatic rings. The minimum atomic E-state index is -0.790. The summed E-state index contributed by atoms with van der Waals surface area (Å²) >= 11 is 0. The van der Waals surface area contributed by atoms with Gasteiger partial charge in [-0.25, -0.2) is 0 Å². The van der Waals surface area contributed by atoms with Crippen LogP contribution in [0, 0.1) is 23.7 Å². The first kappa shape index (κ1) is 14.7. The van der Waals surface area contributed by atoms with Gasteiger partial charge in [0.15, 0.2) is 0 Å². The molecule has 0 radical (unpaired) electrons. The SMILES string of the molecule is O=C(O)[C@@H]1[C@H]2CC[C@@H](C2)[C@@H]1C(=O)N[C@H]1CCCc2ccccc21. The number of nitrogens with one attached hydrogen (secondary N) is 1. The van der Waals surface area contributed by atoms with E-state index >= 15 is 0 Å². The van der Waals surface area contributed by atoms with E-state index in [1.54, 1.807) is 0 Å². The summed E-state index contributed by atoms with van der Waals surface area (Å²) in [5.41, 5.74) is 2.52. The van der Waals surface area contributed by atoms with Gasteiger partial charge in [0.2, 0.25) is 5.91 Å². The van der Waals surface area contributed by atoms with Crippen molar-refractivity contribution in [3.8, 4) is 0 Å². The Morgan fingerprint density at radius 3 is 2.57 bits per heavy atom. The van der Waals surface area contributed by atoms with Crippen molar-refractivity contribution in [1.82, 2.24) is 5.32 Å². The van der Waals surface area contributed by atoms with Gasteiger partial charge in [-0.05, 0) is 61.5 Å². The molecule has 0 aromatic heterocycles. The van der Waals surface area contributed by atoms with Crippen molar-refractivity contribution >= 4 is 11.9 Å². The van der Waals surface area contributed by atoms with Crippen molar-refractivity contribution < 1.29 is 14.7 Å². The summed E-state index contributed by atoms with van der Waals surface area (Å²) in [5.74, 6) is -1.17. The summed E-state index contributed by atoms with van der Waals surface area (Å²) in [6, 6.07) is 8.32. The molecule has 1 amide bonds. The van der Waals surface area contributed by atoms with Gasteiger partial charge in [0, 0.05) is 0 Å². The maximum absolute atomic E-state index is 12.9. The molecule has 122 valence electrons. The molecule has 2 bridgehead atoms. The lowest BCUT2D eigenvalue weighted by atomic mass is 9.78. The highest BCUT2D eigenvalue weighted by molar-refractivity contribution is 5.86. The zero-order chi connectivity index (χ0) is 16.0. The average Bonchev–Trinajstić information content (AvgIpc) is 3.16. The number of aliphatic carboxylic acids is 1. The number of rotatable bonds is 3. The van der Waals surface area contributed by atoms with Crippen LogP contribution in [0.1, 0.15) is 49.3 Å². The number of amides is 1. The van der Waals surface area contributed by atoms with Crippen LogP contribution in [0.25, 0.3) is 0 Å². The third-order valence-electron chi connectivity index (χ3n) is 6.19. The van der Waals surface area contributed by atoms with Gasteiger partial charge in [-0.1, -0.05) is 24.3 Å². The van der Waals surface area contributed by atoms with E-state index in [0.717, 1.165) is 38.5 Å². The predicted molar refractivity (Wildman–Crippen MR) is 85.7 cm³/mol. The largest absolute Gasteiger partial charge is 0.481 e. The van der Waals surface area contributed by atoms with Crippen LogP contribution in [0.15, 0.2) is 24.3 Å². The van der Waals surface area contributed by atoms with E-state index in [2.05, 4.69) is 17.4 Å². The number of carboxylic acids is 1. The minimum Gasteiger partial charge on any atom is -0.481 e. The molecule has 23 heavy (non-hydrogen) atoms. The molecule has 1 aromatic carbocycles. The van der Waals surface area contributed by atoms with Crippen molar-refractivity contribution in [2.24, 2.45) is 23.7 Å². The first-order chi connectivity index (χ1) is 11.1. The van der Waals surface area contributed by atoms with Gasteiger partial charge in [-0.3, -0.25) is 9.59 Å². The molecule has 4 nitrogen and oxygen atoms in total. The van der Waals surface area contributed by atoms with Gasteiger partial charge < -0.3 is 10.4 Å². The molecule has 4 heteroatoms. The Morgan fingerprint density at radius 1 is 1.04 bits per heavy atom. The van der Waals surface area contributed by atoms with Crippen LogP contribution in [0.5, 0.6) is 0 Å². The summed E-state index contributed by atoms with van der Waals surface area (Å²) in [7, 11) is 0. The summed E-state index contributed by atoms with van der Waals surface area (Å²) in [4.78, 5) is 24.5. The second kappa shape index (κ2) is 5.66. The van der Waals surface area contributed by atoms with Crippen molar-refractivity contribution in [2.75, 3.05) is 0 Å². The lowest BCUT2D eigenvalue weighted by Gasteiger charge is -2.31. The van der Waals surface area contributed by atoms with Gasteiger partial charge in [-0.2, -0.15) is 0 Å². The van der Waals surface area contributed by atoms with E-state index in [1.807, 2.05) is 12.1 Å². The number of carbonyl (C=O) groups excluding carboxylic acids is 1. The maximum atomic E-state index is 12.9. The Labute approximate surface area is 136 Å². The van der Waals surface area contributed by atoms with Crippen molar-refractivity contribution in [3.05, 3.63) is 35.4 Å². The second-order valence-corrected chi connectivity index (χ2v) is 7.38. The average molecular weight is 313 g/mol. The number of hydrogen-bond acceptors (Lipinski definition) is 2. The molecule has 3 aliphatic rings. The number of carbonyl (C=O) groups is 2. The predicted octanol–water partition coefficient (Wildman–Crippen LogP) is 2.93. The molecular formula is C19H23NO3. The minimum absolute atomic E-state index is 0.0358. The van der Waals surface area contributed by atoms with Crippen LogP contribution >= 0.6 is 0 Å². The van der Waals surface area contributed by atoms with Gasteiger partial charge in [0.1, 0.15) is 0 Å². The Morgan fingerprint density at radius 2 is 1.78 bits per heavy atom. The van der Waals surface area contributed by atoms with Crippen LogP contribution in [0.3, 0.4) is 0 Å². The standard InChI is InChI=1S/C19H23NO3/c21-18(16-12-8-9-13(10-12)17(16)19(22)23)20-15-7-3-5-11-4-1-2-6-14(11)15/h1-2,4,6,12-13,15-17H,3,5,7-10H2,(H,20,21)(H,22,23)/t12-,13-,15-,16-,17+/m0/s1. The van der Waals surface area contributed by atoms with E-state index in [9.17, 15) is 14.7 Å². The fourth-order valence-corrected chi connectivity index (χ4v) is 5.20. The number of fused-ring (bicyclic) bond motifs is 3. The summed E-state index contributed by atoms with van der Waals surface area (Å²) in [5, 5.41) is 12.7. The summed E-state index contributed by atoms with van der Waals surface area (Å²) in [6.07, 6.45) is 5.97. The molecule has 2 saturated carbocycles. The molecule has 3 aliphatic carbocycles. The monoisotopic (exact) mass is 313 g/mol. The number of benzene rings is 1. The van der Waals surface area contributed by atoms with E-state index < -0.39 is 11.9 Å². The van der Waals surface area contributed by atoms with Crippen LogP contribution in [-0.2, 0) is 16.0 Å². The number of carboxylic acid groups (broad SMARTS) is 1. The molecule has 2 fully saturated rings. The molecule has 0 saturated heterocycles. The quantitative estimate of drug-likeness (QED) is 0.901. The Balaban J connectivity index is 1.54. The molecule has 0 unspecified atom stereocenters. The lowest BCUT2D eigenvalue weighted by Crippen LogP contribution is -2.43. The van der Waals surface area contributed by atoms with E-state index in [-0.39, 0.29) is 29.7 Å². The smallest absolute Gasteiger partial charge is 0.307 e. The van der Waals surface area contributed by atoms with Crippen molar-refractivity contribution in [1.29, 1.82) is 0 Å². The summed E-state index contributed by atoms with van der Waals surface area (Å²) < 4.78 is 0. The van der Waals surface area contributed by atoms with Gasteiger partial charge in [-0.15, -0.1) is 0 Å². The fourth-order valence-electron chi connectivity index (χ4n) is 5.20. The highest BCUT2D eigenvalue weighted by atomic mass is 16.4. The normalized spacial score (nSPS) is 34.9. The Hall–Kier alpha value is -1.84. The van der Waals surface area contributed by atoms with Crippen LogP contribution in [-0.4, -0.2) is 17.0 Å². The fraction of sp³-hybridized carbons (Fsp3) is 0.579. The summed E-state index contributed by atoms with van der Waals surface area (Å²) in [6.45, 7) is 0. The Bertz CT molecular complexity index is 641. The molecule has 0 heterocycles. The van der Waals surface area contributed by atoms with E-state index in [1.165, 1.54) is 11.1 Å². The third-order valence-corrected chi connectivity index (χ3v) is 6.19. The number of hydrogen-bond donors (Lipinski definition) is 2.